The predicted octanol–water partition coefficient (Wildman–Crippen LogP) is 2.74. The van der Waals surface area contributed by atoms with E-state index in [-0.39, 0.29) is 22.6 Å². The number of ether oxygens (including phenoxy) is 1. The third kappa shape index (κ3) is 3.63. The largest absolute Gasteiger partial charge is 0.465 e. The van der Waals surface area contributed by atoms with Gasteiger partial charge in [0.05, 0.1) is 17.6 Å². The lowest BCUT2D eigenvalue weighted by Gasteiger charge is -2.19. The Morgan fingerprint density at radius 2 is 1.88 bits per heavy atom. The summed E-state index contributed by atoms with van der Waals surface area (Å²) in [6.07, 6.45) is 0. The topological polar surface area (TPSA) is 63.7 Å². The maximum absolute atomic E-state index is 13.8. The van der Waals surface area contributed by atoms with Crippen LogP contribution >= 0.6 is 0 Å². The van der Waals surface area contributed by atoms with Crippen LogP contribution in [-0.4, -0.2) is 32.8 Å². The molecule has 0 aromatic heterocycles. The molecule has 0 aliphatic carbocycles. The van der Waals surface area contributed by atoms with E-state index in [0.29, 0.717) is 5.56 Å². The Balaban J connectivity index is 2.39. The average molecular weight is 351 g/mol. The van der Waals surface area contributed by atoms with E-state index in [1.807, 2.05) is 0 Å². The summed E-state index contributed by atoms with van der Waals surface area (Å²) < 4.78 is 45.0. The maximum Gasteiger partial charge on any atom is 0.337 e. The van der Waals surface area contributed by atoms with E-state index in [1.165, 1.54) is 50.6 Å². The van der Waals surface area contributed by atoms with Gasteiger partial charge in [-0.15, -0.1) is 0 Å². The fraction of sp³-hybridized carbons (Fsp3) is 0.235. The third-order valence-electron chi connectivity index (χ3n) is 3.65. The molecule has 7 heteroatoms. The second kappa shape index (κ2) is 7.11. The Kier molecular flexibility index (Phi) is 5.36. The summed E-state index contributed by atoms with van der Waals surface area (Å²) in [7, 11) is -1.30. The second-order valence-electron chi connectivity index (χ2n) is 5.32. The third-order valence-corrected chi connectivity index (χ3v) is 5.59. The van der Waals surface area contributed by atoms with Crippen molar-refractivity contribution < 1.29 is 22.3 Å². The minimum Gasteiger partial charge on any atom is -0.465 e. The number of nitrogens with zero attached hydrogens (tertiary/aromatic N) is 1. The Hall–Kier alpha value is -2.25. The highest BCUT2D eigenvalue weighted by Crippen LogP contribution is 2.23. The molecule has 0 unspecified atom stereocenters. The maximum atomic E-state index is 13.8. The Morgan fingerprint density at radius 1 is 1.21 bits per heavy atom. The van der Waals surface area contributed by atoms with Gasteiger partial charge < -0.3 is 4.74 Å². The molecule has 0 radical (unpaired) electrons. The number of sulfonamides is 1. The van der Waals surface area contributed by atoms with Crippen LogP contribution in [-0.2, 0) is 21.3 Å². The Morgan fingerprint density at radius 3 is 2.50 bits per heavy atom. The summed E-state index contributed by atoms with van der Waals surface area (Å²) in [5.74, 6) is -1.09. The minimum atomic E-state index is -3.89. The smallest absolute Gasteiger partial charge is 0.337 e. The van der Waals surface area contributed by atoms with Crippen molar-refractivity contribution in [1.82, 2.24) is 4.31 Å². The van der Waals surface area contributed by atoms with Gasteiger partial charge in [-0.3, -0.25) is 0 Å². The molecular formula is C17H18FNO4S. The minimum absolute atomic E-state index is 0.00996. The van der Waals surface area contributed by atoms with Crippen molar-refractivity contribution in [3.8, 4) is 0 Å². The molecule has 0 saturated carbocycles. The SMILES string of the molecule is COC(=O)c1ccc(C)c(S(=O)(=O)N(C)Cc2ccccc2F)c1. The molecule has 2 aromatic carbocycles. The van der Waals surface area contributed by atoms with E-state index < -0.39 is 21.8 Å². The number of hydrogen-bond acceptors (Lipinski definition) is 4. The zero-order chi connectivity index (χ0) is 17.9. The summed E-state index contributed by atoms with van der Waals surface area (Å²) in [5, 5.41) is 0. The summed E-state index contributed by atoms with van der Waals surface area (Å²) in [6, 6.07) is 10.3. The first kappa shape index (κ1) is 18.1. The van der Waals surface area contributed by atoms with Crippen LogP contribution in [0.2, 0.25) is 0 Å². The fourth-order valence-electron chi connectivity index (χ4n) is 2.24. The molecule has 2 rings (SSSR count). The van der Waals surface area contributed by atoms with Gasteiger partial charge in [0.1, 0.15) is 5.82 Å². The van der Waals surface area contributed by atoms with Crippen molar-refractivity contribution in [2.75, 3.05) is 14.2 Å². The molecule has 0 bridgehead atoms. The van der Waals surface area contributed by atoms with Gasteiger partial charge in [-0.25, -0.2) is 17.6 Å². The van der Waals surface area contributed by atoms with Crippen LogP contribution in [0, 0.1) is 12.7 Å². The zero-order valence-corrected chi connectivity index (χ0v) is 14.4. The van der Waals surface area contributed by atoms with Gasteiger partial charge in [-0.2, -0.15) is 4.31 Å². The van der Waals surface area contributed by atoms with Gasteiger partial charge in [0.25, 0.3) is 0 Å². The van der Waals surface area contributed by atoms with Crippen LogP contribution in [0.1, 0.15) is 21.5 Å². The Bertz CT molecular complexity index is 865. The van der Waals surface area contributed by atoms with Gasteiger partial charge in [-0.1, -0.05) is 24.3 Å². The van der Waals surface area contributed by atoms with E-state index in [4.69, 9.17) is 0 Å². The highest BCUT2D eigenvalue weighted by molar-refractivity contribution is 7.89. The van der Waals surface area contributed by atoms with Crippen molar-refractivity contribution in [2.24, 2.45) is 0 Å². The number of methoxy groups -OCH3 is 1. The molecular weight excluding hydrogens is 333 g/mol. The summed E-state index contributed by atoms with van der Waals surface area (Å²) in [4.78, 5) is 11.6. The van der Waals surface area contributed by atoms with Crippen LogP contribution in [0.5, 0.6) is 0 Å². The summed E-state index contributed by atoms with van der Waals surface area (Å²) in [5.41, 5.74) is 0.898. The van der Waals surface area contributed by atoms with Crippen LogP contribution in [0.25, 0.3) is 0 Å². The molecule has 0 saturated heterocycles. The quantitative estimate of drug-likeness (QED) is 0.777. The monoisotopic (exact) mass is 351 g/mol. The van der Waals surface area contributed by atoms with E-state index >= 15 is 0 Å². The zero-order valence-electron chi connectivity index (χ0n) is 13.6. The van der Waals surface area contributed by atoms with Gasteiger partial charge in [-0.05, 0) is 30.7 Å². The lowest BCUT2D eigenvalue weighted by molar-refractivity contribution is 0.0600. The first-order chi connectivity index (χ1) is 11.3. The fourth-order valence-corrected chi connectivity index (χ4v) is 3.64. The van der Waals surface area contributed by atoms with Gasteiger partial charge in [0, 0.05) is 19.2 Å². The predicted molar refractivity (Wildman–Crippen MR) is 87.6 cm³/mol. The molecule has 0 atom stereocenters. The number of esters is 1. The standard InChI is InChI=1S/C17H18FNO4S/c1-12-8-9-13(17(20)23-3)10-16(12)24(21,22)19(2)11-14-6-4-5-7-15(14)18/h4-10H,11H2,1-3H3. The lowest BCUT2D eigenvalue weighted by atomic mass is 10.1. The van der Waals surface area contributed by atoms with E-state index in [1.54, 1.807) is 13.0 Å². The second-order valence-corrected chi connectivity index (χ2v) is 7.34. The normalized spacial score (nSPS) is 11.5. The van der Waals surface area contributed by atoms with Crippen molar-refractivity contribution in [2.45, 2.75) is 18.4 Å². The molecule has 128 valence electrons. The highest BCUT2D eigenvalue weighted by Gasteiger charge is 2.25. The molecule has 0 aliphatic heterocycles. The lowest BCUT2D eigenvalue weighted by Crippen LogP contribution is -2.27. The molecule has 0 N–H and O–H groups in total. The van der Waals surface area contributed by atoms with E-state index in [2.05, 4.69) is 4.74 Å². The van der Waals surface area contributed by atoms with Crippen LogP contribution in [0.15, 0.2) is 47.4 Å². The number of aryl methyl sites for hydroxylation is 1. The van der Waals surface area contributed by atoms with Crippen LogP contribution < -0.4 is 0 Å². The number of rotatable bonds is 5. The Labute approximate surface area is 140 Å². The molecule has 0 amide bonds. The molecule has 0 spiro atoms. The van der Waals surface area contributed by atoms with Crippen molar-refractivity contribution in [3.63, 3.8) is 0 Å². The van der Waals surface area contributed by atoms with Crippen molar-refractivity contribution >= 4 is 16.0 Å². The van der Waals surface area contributed by atoms with Crippen LogP contribution in [0.3, 0.4) is 0 Å². The molecule has 0 aliphatic rings. The number of carbonyl (C=O) groups is 1. The van der Waals surface area contributed by atoms with E-state index in [9.17, 15) is 17.6 Å². The highest BCUT2D eigenvalue weighted by atomic mass is 32.2. The average Bonchev–Trinajstić information content (AvgIpc) is 2.56. The molecule has 24 heavy (non-hydrogen) atoms. The van der Waals surface area contributed by atoms with Gasteiger partial charge in [0.15, 0.2) is 0 Å². The molecule has 2 aromatic rings. The first-order valence-electron chi connectivity index (χ1n) is 7.16. The summed E-state index contributed by atoms with van der Waals surface area (Å²) >= 11 is 0. The van der Waals surface area contributed by atoms with Crippen LogP contribution in [0.4, 0.5) is 4.39 Å². The molecule has 5 nitrogen and oxygen atoms in total. The van der Waals surface area contributed by atoms with Crippen molar-refractivity contribution in [1.29, 1.82) is 0 Å². The van der Waals surface area contributed by atoms with E-state index in [0.717, 1.165) is 4.31 Å². The molecule has 0 fully saturated rings. The molecule has 0 heterocycles. The van der Waals surface area contributed by atoms with Gasteiger partial charge >= 0.3 is 5.97 Å². The number of halogens is 1. The number of hydrogen-bond donors (Lipinski definition) is 0. The van der Waals surface area contributed by atoms with Gasteiger partial charge in [0.2, 0.25) is 10.0 Å². The first-order valence-corrected chi connectivity index (χ1v) is 8.60. The number of benzene rings is 2. The summed E-state index contributed by atoms with van der Waals surface area (Å²) in [6.45, 7) is 1.52. The number of carbonyl (C=O) groups excluding carboxylic acids is 1. The van der Waals surface area contributed by atoms with Crippen molar-refractivity contribution in [3.05, 3.63) is 65.0 Å².